The van der Waals surface area contributed by atoms with E-state index in [1.54, 1.807) is 0 Å². The largest absolute Gasteiger partial charge is 0.389 e. The number of hydrogen-bond donors (Lipinski definition) is 1. The summed E-state index contributed by atoms with van der Waals surface area (Å²) >= 11 is 0. The molecule has 0 spiro atoms. The van der Waals surface area contributed by atoms with Gasteiger partial charge in [0.1, 0.15) is 0 Å². The third-order valence-corrected chi connectivity index (χ3v) is 5.97. The van der Waals surface area contributed by atoms with Gasteiger partial charge in [-0.15, -0.1) is 0 Å². The maximum atomic E-state index is 11.5. The number of aliphatic hydroxyl groups excluding tert-OH is 1. The van der Waals surface area contributed by atoms with Crippen LogP contribution in [0.15, 0.2) is 0 Å². The molecule has 2 atom stereocenters. The molecule has 2 rings (SSSR count). The van der Waals surface area contributed by atoms with Crippen molar-refractivity contribution in [1.82, 2.24) is 9.80 Å². The van der Waals surface area contributed by atoms with Gasteiger partial charge in [0, 0.05) is 38.8 Å². The highest BCUT2D eigenvalue weighted by Gasteiger charge is 2.33. The van der Waals surface area contributed by atoms with Gasteiger partial charge in [0.25, 0.3) is 0 Å². The summed E-state index contributed by atoms with van der Waals surface area (Å²) in [6.07, 6.45) is 0.458. The van der Waals surface area contributed by atoms with E-state index in [2.05, 4.69) is 9.80 Å². The Morgan fingerprint density at radius 2 is 1.90 bits per heavy atom. The summed E-state index contributed by atoms with van der Waals surface area (Å²) in [6.45, 7) is 8.46. The highest BCUT2D eigenvalue weighted by Crippen LogP contribution is 2.19. The summed E-state index contributed by atoms with van der Waals surface area (Å²) in [6, 6.07) is 0.200. The van der Waals surface area contributed by atoms with E-state index in [1.807, 2.05) is 13.8 Å². The zero-order valence-corrected chi connectivity index (χ0v) is 13.9. The zero-order valence-electron chi connectivity index (χ0n) is 13.1. The maximum Gasteiger partial charge on any atom is 0.151 e. The van der Waals surface area contributed by atoms with Crippen LogP contribution in [-0.2, 0) is 14.6 Å². The van der Waals surface area contributed by atoms with Crippen LogP contribution in [0.25, 0.3) is 0 Å². The summed E-state index contributed by atoms with van der Waals surface area (Å²) in [5.74, 6) is 0.654. The van der Waals surface area contributed by atoms with Crippen molar-refractivity contribution in [3.63, 3.8) is 0 Å². The van der Waals surface area contributed by atoms with E-state index < -0.39 is 15.9 Å². The first-order valence-corrected chi connectivity index (χ1v) is 9.64. The van der Waals surface area contributed by atoms with Gasteiger partial charge in [-0.1, -0.05) is 0 Å². The van der Waals surface area contributed by atoms with Gasteiger partial charge in [-0.05, 0) is 20.3 Å². The first-order valence-electron chi connectivity index (χ1n) is 7.82. The van der Waals surface area contributed by atoms with Crippen molar-refractivity contribution in [2.24, 2.45) is 0 Å². The molecule has 0 unspecified atom stereocenters. The van der Waals surface area contributed by atoms with Crippen LogP contribution in [0.5, 0.6) is 0 Å². The number of piperazine rings is 1. The van der Waals surface area contributed by atoms with E-state index in [0.29, 0.717) is 24.7 Å². The van der Waals surface area contributed by atoms with Crippen LogP contribution in [0.3, 0.4) is 0 Å². The monoisotopic (exact) mass is 320 g/mol. The van der Waals surface area contributed by atoms with Crippen molar-refractivity contribution < 1.29 is 18.3 Å². The Bertz CT molecular complexity index is 419. The van der Waals surface area contributed by atoms with Gasteiger partial charge < -0.3 is 9.84 Å². The molecule has 21 heavy (non-hydrogen) atoms. The molecule has 2 heterocycles. The normalized spacial score (nSPS) is 29.0. The lowest BCUT2D eigenvalue weighted by molar-refractivity contribution is -0.0161. The molecule has 0 aromatic carbocycles. The Kier molecular flexibility index (Phi) is 6.02. The molecular formula is C14H28N2O4S. The van der Waals surface area contributed by atoms with Crippen molar-refractivity contribution in [2.45, 2.75) is 38.5 Å². The number of ether oxygens (including phenoxy) is 1. The molecule has 0 bridgehead atoms. The van der Waals surface area contributed by atoms with Crippen LogP contribution in [0, 0.1) is 0 Å². The fourth-order valence-electron chi connectivity index (χ4n) is 3.03. The predicted molar refractivity (Wildman–Crippen MR) is 82.2 cm³/mol. The van der Waals surface area contributed by atoms with Crippen LogP contribution in [0.1, 0.15) is 20.3 Å². The number of sulfone groups is 1. The highest BCUT2D eigenvalue weighted by molar-refractivity contribution is 7.91. The molecule has 0 aromatic heterocycles. The van der Waals surface area contributed by atoms with E-state index in [0.717, 1.165) is 32.6 Å². The van der Waals surface area contributed by atoms with Crippen LogP contribution in [0.4, 0.5) is 0 Å². The molecule has 2 aliphatic heterocycles. The molecule has 7 heteroatoms. The van der Waals surface area contributed by atoms with Gasteiger partial charge in [-0.3, -0.25) is 9.80 Å². The molecule has 2 fully saturated rings. The molecule has 0 saturated carbocycles. The predicted octanol–water partition coefficient (Wildman–Crippen LogP) is -0.423. The van der Waals surface area contributed by atoms with Crippen LogP contribution < -0.4 is 0 Å². The van der Waals surface area contributed by atoms with Crippen molar-refractivity contribution in [3.8, 4) is 0 Å². The molecule has 6 nitrogen and oxygen atoms in total. The molecule has 124 valence electrons. The second-order valence-corrected chi connectivity index (χ2v) is 8.66. The third kappa shape index (κ3) is 5.49. The molecule has 0 amide bonds. The number of β-amino-alcohol motifs (C(OH)–C–C–N with tert-alkyl or cyclic N) is 1. The lowest BCUT2D eigenvalue weighted by atomic mass is 10.2. The lowest BCUT2D eigenvalue weighted by Crippen LogP contribution is -2.52. The summed E-state index contributed by atoms with van der Waals surface area (Å²) in [7, 11) is -2.80. The molecule has 1 N–H and O–H groups in total. The summed E-state index contributed by atoms with van der Waals surface area (Å²) in [5.41, 5.74) is 0. The van der Waals surface area contributed by atoms with Crippen molar-refractivity contribution >= 4 is 9.84 Å². The van der Waals surface area contributed by atoms with Gasteiger partial charge in [-0.25, -0.2) is 8.42 Å². The van der Waals surface area contributed by atoms with E-state index in [9.17, 15) is 13.5 Å². The Hall–Kier alpha value is -0.210. The van der Waals surface area contributed by atoms with Gasteiger partial charge in [0.15, 0.2) is 9.84 Å². The summed E-state index contributed by atoms with van der Waals surface area (Å²) in [4.78, 5) is 4.52. The molecule has 0 radical (unpaired) electrons. The summed E-state index contributed by atoms with van der Waals surface area (Å²) in [5, 5.41) is 9.94. The van der Waals surface area contributed by atoms with E-state index in [-0.39, 0.29) is 12.1 Å². The molecule has 0 aromatic rings. The first-order chi connectivity index (χ1) is 9.85. The molecule has 0 aliphatic carbocycles. The van der Waals surface area contributed by atoms with Gasteiger partial charge in [-0.2, -0.15) is 0 Å². The number of aliphatic hydroxyl groups is 1. The first kappa shape index (κ1) is 17.1. The van der Waals surface area contributed by atoms with E-state index in [4.69, 9.17) is 4.74 Å². The fraction of sp³-hybridized carbons (Fsp3) is 1.00. The number of nitrogens with zero attached hydrogens (tertiary/aromatic N) is 2. The summed E-state index contributed by atoms with van der Waals surface area (Å²) < 4.78 is 28.5. The SMILES string of the molecule is CC(C)OC[C@H](O)CN1CCN([C@H]2CCS(=O)(=O)C2)CC1. The van der Waals surface area contributed by atoms with E-state index in [1.165, 1.54) is 0 Å². The van der Waals surface area contributed by atoms with Crippen LogP contribution >= 0.6 is 0 Å². The standard InChI is InChI=1S/C14H28N2O4S/c1-12(2)20-10-14(17)9-15-4-6-16(7-5-15)13-3-8-21(18,19)11-13/h12-14,17H,3-11H2,1-2H3/t13-,14+/m0/s1. The van der Waals surface area contributed by atoms with Crippen molar-refractivity contribution in [1.29, 1.82) is 0 Å². The Labute approximate surface area is 128 Å². The Morgan fingerprint density at radius 1 is 1.24 bits per heavy atom. The fourth-order valence-corrected chi connectivity index (χ4v) is 4.79. The maximum absolute atomic E-state index is 11.5. The number of rotatable bonds is 6. The van der Waals surface area contributed by atoms with Crippen molar-refractivity contribution in [2.75, 3.05) is 50.8 Å². The molecular weight excluding hydrogens is 292 g/mol. The van der Waals surface area contributed by atoms with Crippen LogP contribution in [-0.4, -0.2) is 92.4 Å². The number of hydrogen-bond acceptors (Lipinski definition) is 6. The molecule has 2 saturated heterocycles. The van der Waals surface area contributed by atoms with Crippen molar-refractivity contribution in [3.05, 3.63) is 0 Å². The van der Waals surface area contributed by atoms with E-state index >= 15 is 0 Å². The minimum atomic E-state index is -2.80. The second-order valence-electron chi connectivity index (χ2n) is 6.43. The lowest BCUT2D eigenvalue weighted by Gasteiger charge is -2.38. The average Bonchev–Trinajstić information content (AvgIpc) is 2.78. The highest BCUT2D eigenvalue weighted by atomic mass is 32.2. The van der Waals surface area contributed by atoms with Gasteiger partial charge in [0.05, 0.1) is 30.3 Å². The van der Waals surface area contributed by atoms with Gasteiger partial charge >= 0.3 is 0 Å². The minimum Gasteiger partial charge on any atom is -0.389 e. The van der Waals surface area contributed by atoms with Gasteiger partial charge in [0.2, 0.25) is 0 Å². The average molecular weight is 320 g/mol. The minimum absolute atomic E-state index is 0.140. The zero-order chi connectivity index (χ0) is 15.5. The van der Waals surface area contributed by atoms with Crippen LogP contribution in [0.2, 0.25) is 0 Å². The topological polar surface area (TPSA) is 70.1 Å². The quantitative estimate of drug-likeness (QED) is 0.717. The third-order valence-electron chi connectivity index (χ3n) is 4.22. The molecule has 2 aliphatic rings. The second kappa shape index (κ2) is 7.37. The Morgan fingerprint density at radius 3 is 2.43 bits per heavy atom. The Balaban J connectivity index is 1.69. The smallest absolute Gasteiger partial charge is 0.151 e.